The van der Waals surface area contributed by atoms with Gasteiger partial charge in [0.15, 0.2) is 0 Å². The first-order valence-corrected chi connectivity index (χ1v) is 8.44. The Labute approximate surface area is 144 Å². The summed E-state index contributed by atoms with van der Waals surface area (Å²) in [6.45, 7) is 1.68. The molecule has 0 saturated carbocycles. The van der Waals surface area contributed by atoms with Gasteiger partial charge in [0.05, 0.1) is 17.6 Å². The molecule has 2 aliphatic heterocycles. The number of aromatic nitrogens is 3. The predicted molar refractivity (Wildman–Crippen MR) is 90.0 cm³/mol. The van der Waals surface area contributed by atoms with E-state index in [4.69, 9.17) is 5.11 Å². The van der Waals surface area contributed by atoms with E-state index >= 15 is 0 Å². The first-order chi connectivity index (χ1) is 12.1. The van der Waals surface area contributed by atoms with E-state index in [-0.39, 0.29) is 5.91 Å². The maximum absolute atomic E-state index is 11.8. The van der Waals surface area contributed by atoms with Gasteiger partial charge in [-0.25, -0.2) is 14.5 Å². The number of carbonyl (C=O) groups excluding carboxylic acids is 1. The van der Waals surface area contributed by atoms with Gasteiger partial charge in [0.2, 0.25) is 5.91 Å². The molecule has 0 bridgehead atoms. The second-order valence-corrected chi connectivity index (χ2v) is 6.34. The molecule has 25 heavy (non-hydrogen) atoms. The lowest BCUT2D eigenvalue weighted by molar-refractivity contribution is -0.117. The molecular formula is C17H19N5O3. The number of hydrogen-bond acceptors (Lipinski definition) is 4. The fourth-order valence-corrected chi connectivity index (χ4v) is 3.36. The molecule has 1 fully saturated rings. The number of carbonyl (C=O) groups is 2. The first-order valence-electron chi connectivity index (χ1n) is 8.44. The van der Waals surface area contributed by atoms with Crippen LogP contribution in [0, 0.1) is 0 Å². The summed E-state index contributed by atoms with van der Waals surface area (Å²) in [4.78, 5) is 30.4. The zero-order valence-corrected chi connectivity index (χ0v) is 13.8. The van der Waals surface area contributed by atoms with Gasteiger partial charge >= 0.3 is 6.09 Å². The van der Waals surface area contributed by atoms with Crippen LogP contribution < -0.4 is 4.90 Å². The molecule has 8 nitrogen and oxygen atoms in total. The molecule has 2 aromatic heterocycles. The van der Waals surface area contributed by atoms with Crippen molar-refractivity contribution in [2.24, 2.45) is 0 Å². The molecule has 4 rings (SSSR count). The molecule has 0 unspecified atom stereocenters. The Morgan fingerprint density at radius 1 is 1.12 bits per heavy atom. The molecule has 0 spiro atoms. The standard InChI is InChI=1S/C17H19N5O3/c23-16-2-1-7-21(16)15-4-3-13(10-18-15)22-11-12-5-8-20(17(24)25)9-6-14(12)19-22/h3-4,10-11H,1-2,5-9H2,(H,24,25). The summed E-state index contributed by atoms with van der Waals surface area (Å²) < 4.78 is 1.78. The Morgan fingerprint density at radius 2 is 1.96 bits per heavy atom. The molecule has 2 aromatic rings. The first kappa shape index (κ1) is 15.6. The zero-order chi connectivity index (χ0) is 17.4. The third-order valence-corrected chi connectivity index (χ3v) is 4.76. The van der Waals surface area contributed by atoms with Crippen LogP contribution in [0.4, 0.5) is 10.6 Å². The highest BCUT2D eigenvalue weighted by Crippen LogP contribution is 2.21. The number of carboxylic acid groups (broad SMARTS) is 1. The van der Waals surface area contributed by atoms with Crippen molar-refractivity contribution in [3.63, 3.8) is 0 Å². The number of pyridine rings is 1. The maximum atomic E-state index is 11.8. The monoisotopic (exact) mass is 341 g/mol. The number of fused-ring (bicyclic) bond motifs is 1. The minimum Gasteiger partial charge on any atom is -0.465 e. The van der Waals surface area contributed by atoms with Gasteiger partial charge in [-0.05, 0) is 30.5 Å². The van der Waals surface area contributed by atoms with Crippen LogP contribution in [-0.4, -0.2) is 56.4 Å². The van der Waals surface area contributed by atoms with Crippen molar-refractivity contribution >= 4 is 17.8 Å². The van der Waals surface area contributed by atoms with Crippen LogP contribution >= 0.6 is 0 Å². The van der Waals surface area contributed by atoms with Crippen molar-refractivity contribution < 1.29 is 14.7 Å². The summed E-state index contributed by atoms with van der Waals surface area (Å²) in [5.41, 5.74) is 2.84. The van der Waals surface area contributed by atoms with Gasteiger partial charge in [-0.2, -0.15) is 5.10 Å². The Morgan fingerprint density at radius 3 is 2.64 bits per heavy atom. The van der Waals surface area contributed by atoms with Crippen LogP contribution in [0.3, 0.4) is 0 Å². The fraction of sp³-hybridized carbons (Fsp3) is 0.412. The third-order valence-electron chi connectivity index (χ3n) is 4.76. The highest BCUT2D eigenvalue weighted by Gasteiger charge is 2.23. The zero-order valence-electron chi connectivity index (χ0n) is 13.8. The van der Waals surface area contributed by atoms with E-state index in [1.165, 1.54) is 4.90 Å². The van der Waals surface area contributed by atoms with Crippen molar-refractivity contribution in [3.05, 3.63) is 35.8 Å². The topological polar surface area (TPSA) is 91.6 Å². The average Bonchev–Trinajstić information content (AvgIpc) is 3.16. The van der Waals surface area contributed by atoms with Crippen molar-refractivity contribution in [3.8, 4) is 5.69 Å². The molecule has 4 heterocycles. The van der Waals surface area contributed by atoms with Crippen molar-refractivity contribution in [1.82, 2.24) is 19.7 Å². The second-order valence-electron chi connectivity index (χ2n) is 6.34. The average molecular weight is 341 g/mol. The summed E-state index contributed by atoms with van der Waals surface area (Å²) in [6, 6.07) is 3.75. The molecule has 8 heteroatoms. The quantitative estimate of drug-likeness (QED) is 0.893. The van der Waals surface area contributed by atoms with Gasteiger partial charge in [0.25, 0.3) is 0 Å². The summed E-state index contributed by atoms with van der Waals surface area (Å²) in [7, 11) is 0. The normalized spacial score (nSPS) is 17.5. The largest absolute Gasteiger partial charge is 0.465 e. The smallest absolute Gasteiger partial charge is 0.407 e. The molecule has 2 aliphatic rings. The minimum atomic E-state index is -0.880. The van der Waals surface area contributed by atoms with Gasteiger partial charge in [-0.15, -0.1) is 0 Å². The van der Waals surface area contributed by atoms with Gasteiger partial charge in [-0.1, -0.05) is 0 Å². The van der Waals surface area contributed by atoms with Gasteiger partial charge in [0, 0.05) is 38.7 Å². The van der Waals surface area contributed by atoms with Crippen LogP contribution in [0.2, 0.25) is 0 Å². The molecule has 1 N–H and O–H groups in total. The molecule has 0 atom stereocenters. The molecule has 0 aliphatic carbocycles. The van der Waals surface area contributed by atoms with Gasteiger partial charge in [0.1, 0.15) is 5.82 Å². The maximum Gasteiger partial charge on any atom is 0.407 e. The number of anilines is 1. The number of hydrogen-bond donors (Lipinski definition) is 1. The van der Waals surface area contributed by atoms with Crippen molar-refractivity contribution in [2.75, 3.05) is 24.5 Å². The lowest BCUT2D eigenvalue weighted by atomic mass is 10.2. The van der Waals surface area contributed by atoms with E-state index in [1.807, 2.05) is 18.3 Å². The molecule has 0 aromatic carbocycles. The van der Waals surface area contributed by atoms with E-state index in [2.05, 4.69) is 10.1 Å². The summed E-state index contributed by atoms with van der Waals surface area (Å²) in [5, 5.41) is 13.7. The SMILES string of the molecule is O=C(O)N1CCc2cn(-c3ccc(N4CCCC4=O)nc3)nc2CC1. The lowest BCUT2D eigenvalue weighted by Gasteiger charge is -2.15. The molecule has 130 valence electrons. The predicted octanol–water partition coefficient (Wildman–Crippen LogP) is 1.47. The highest BCUT2D eigenvalue weighted by atomic mass is 16.4. The van der Waals surface area contributed by atoms with Gasteiger partial charge in [-0.3, -0.25) is 9.69 Å². The Bertz CT molecular complexity index is 789. The summed E-state index contributed by atoms with van der Waals surface area (Å²) in [6.07, 6.45) is 5.52. The lowest BCUT2D eigenvalue weighted by Crippen LogP contribution is -2.31. The highest BCUT2D eigenvalue weighted by molar-refractivity contribution is 5.94. The molecule has 2 amide bonds. The number of amides is 2. The van der Waals surface area contributed by atoms with E-state index in [0.717, 1.165) is 29.9 Å². The minimum absolute atomic E-state index is 0.119. The van der Waals surface area contributed by atoms with Crippen LogP contribution in [0.5, 0.6) is 0 Å². The van der Waals surface area contributed by atoms with Crippen LogP contribution in [0.25, 0.3) is 5.69 Å². The van der Waals surface area contributed by atoms with E-state index < -0.39 is 6.09 Å². The Hall–Kier alpha value is -2.90. The summed E-state index contributed by atoms with van der Waals surface area (Å²) >= 11 is 0. The van der Waals surface area contributed by atoms with E-state index in [9.17, 15) is 9.59 Å². The van der Waals surface area contributed by atoms with Crippen molar-refractivity contribution in [1.29, 1.82) is 0 Å². The fourth-order valence-electron chi connectivity index (χ4n) is 3.36. The second kappa shape index (κ2) is 6.19. The molecular weight excluding hydrogens is 322 g/mol. The summed E-state index contributed by atoms with van der Waals surface area (Å²) in [5.74, 6) is 0.797. The van der Waals surface area contributed by atoms with E-state index in [0.29, 0.717) is 38.2 Å². The van der Waals surface area contributed by atoms with Crippen molar-refractivity contribution in [2.45, 2.75) is 25.7 Å². The molecule has 0 radical (unpaired) electrons. The third kappa shape index (κ3) is 2.95. The number of nitrogens with zero attached hydrogens (tertiary/aromatic N) is 5. The Kier molecular flexibility index (Phi) is 3.87. The van der Waals surface area contributed by atoms with Crippen LogP contribution in [0.15, 0.2) is 24.5 Å². The van der Waals surface area contributed by atoms with Crippen LogP contribution in [-0.2, 0) is 17.6 Å². The van der Waals surface area contributed by atoms with Crippen LogP contribution in [0.1, 0.15) is 24.1 Å². The Balaban J connectivity index is 1.53. The van der Waals surface area contributed by atoms with Gasteiger partial charge < -0.3 is 10.0 Å². The van der Waals surface area contributed by atoms with E-state index in [1.54, 1.807) is 15.8 Å². The number of rotatable bonds is 2. The molecule has 1 saturated heterocycles.